The fraction of sp³-hybridized carbons (Fsp3) is 0.250. The summed E-state index contributed by atoms with van der Waals surface area (Å²) in [6.45, 7) is 0. The van der Waals surface area contributed by atoms with Crippen molar-refractivity contribution in [1.29, 1.82) is 0 Å². The van der Waals surface area contributed by atoms with Crippen molar-refractivity contribution >= 4 is 23.4 Å². The molecule has 0 bridgehead atoms. The Labute approximate surface area is 174 Å². The lowest BCUT2D eigenvalue weighted by Crippen LogP contribution is -2.21. The number of hydrogen-bond acceptors (Lipinski definition) is 5. The number of carbonyl (C=O) groups excluding carboxylic acids is 1. The molecule has 1 aliphatic rings. The molecule has 156 valence electrons. The Kier molecular flexibility index (Phi) is 5.42. The Bertz CT molecular complexity index is 1050. The SMILES string of the molecule is Nn1c(SC(C(=O)Nc2cccc(C(F)(F)F)c2)c2ccccc2)nnc1C1CC1. The molecule has 0 aliphatic heterocycles. The molecule has 1 atom stereocenters. The maximum Gasteiger partial charge on any atom is 0.416 e. The first-order valence-corrected chi connectivity index (χ1v) is 10.1. The van der Waals surface area contributed by atoms with Crippen LogP contribution in [0.1, 0.15) is 41.0 Å². The van der Waals surface area contributed by atoms with Crippen LogP contribution in [0.4, 0.5) is 18.9 Å². The minimum atomic E-state index is -4.50. The molecule has 2 aromatic carbocycles. The molecule has 1 unspecified atom stereocenters. The summed E-state index contributed by atoms with van der Waals surface area (Å²) in [5, 5.41) is 10.4. The van der Waals surface area contributed by atoms with Crippen LogP contribution >= 0.6 is 11.8 Å². The molecule has 1 fully saturated rings. The molecule has 0 saturated heterocycles. The van der Waals surface area contributed by atoms with Gasteiger partial charge in [-0.3, -0.25) is 4.79 Å². The van der Waals surface area contributed by atoms with Gasteiger partial charge in [0.1, 0.15) is 5.25 Å². The molecule has 3 N–H and O–H groups in total. The number of thioether (sulfide) groups is 1. The molecular formula is C20H18F3N5OS. The second kappa shape index (κ2) is 8.02. The van der Waals surface area contributed by atoms with Gasteiger partial charge >= 0.3 is 6.18 Å². The smallest absolute Gasteiger partial charge is 0.336 e. The van der Waals surface area contributed by atoms with Gasteiger partial charge in [0.25, 0.3) is 0 Å². The molecule has 1 saturated carbocycles. The minimum absolute atomic E-state index is 0.0595. The Morgan fingerprint density at radius 1 is 1.13 bits per heavy atom. The lowest BCUT2D eigenvalue weighted by molar-refractivity contribution is -0.137. The molecule has 1 aromatic heterocycles. The zero-order valence-electron chi connectivity index (χ0n) is 15.6. The zero-order chi connectivity index (χ0) is 21.3. The average Bonchev–Trinajstić information content (AvgIpc) is 3.49. The number of anilines is 1. The molecule has 0 spiro atoms. The molecule has 10 heteroatoms. The van der Waals surface area contributed by atoms with E-state index in [2.05, 4.69) is 15.5 Å². The third-order valence-corrected chi connectivity index (χ3v) is 5.87. The summed E-state index contributed by atoms with van der Waals surface area (Å²) in [4.78, 5) is 13.0. The van der Waals surface area contributed by atoms with Crippen molar-refractivity contribution in [3.63, 3.8) is 0 Å². The first kappa shape index (κ1) is 20.3. The molecule has 1 aliphatic carbocycles. The van der Waals surface area contributed by atoms with E-state index in [0.717, 1.165) is 36.7 Å². The highest BCUT2D eigenvalue weighted by Crippen LogP contribution is 2.41. The van der Waals surface area contributed by atoms with Gasteiger partial charge in [-0.2, -0.15) is 13.2 Å². The van der Waals surface area contributed by atoms with Crippen molar-refractivity contribution in [3.05, 3.63) is 71.5 Å². The van der Waals surface area contributed by atoms with Crippen LogP contribution in [0.2, 0.25) is 0 Å². The number of carbonyl (C=O) groups is 1. The third kappa shape index (κ3) is 4.43. The summed E-state index contributed by atoms with van der Waals surface area (Å²) in [5.74, 6) is 6.57. The fourth-order valence-corrected chi connectivity index (χ4v) is 3.94. The first-order chi connectivity index (χ1) is 14.3. The molecule has 6 nitrogen and oxygen atoms in total. The van der Waals surface area contributed by atoms with Gasteiger partial charge in [0.15, 0.2) is 5.82 Å². The van der Waals surface area contributed by atoms with Crippen molar-refractivity contribution in [2.45, 2.75) is 35.3 Å². The van der Waals surface area contributed by atoms with Crippen LogP contribution in [-0.4, -0.2) is 20.8 Å². The van der Waals surface area contributed by atoms with Gasteiger partial charge in [-0.1, -0.05) is 48.2 Å². The van der Waals surface area contributed by atoms with Gasteiger partial charge in [-0.15, -0.1) is 10.2 Å². The highest BCUT2D eigenvalue weighted by molar-refractivity contribution is 8.00. The summed E-state index contributed by atoms with van der Waals surface area (Å²) < 4.78 is 40.3. The van der Waals surface area contributed by atoms with Crippen LogP contribution in [0, 0.1) is 0 Å². The Balaban J connectivity index is 1.59. The summed E-state index contributed by atoms with van der Waals surface area (Å²) in [5.41, 5.74) is -0.104. The lowest BCUT2D eigenvalue weighted by atomic mass is 10.1. The lowest BCUT2D eigenvalue weighted by Gasteiger charge is -2.17. The summed E-state index contributed by atoms with van der Waals surface area (Å²) in [7, 11) is 0. The second-order valence-electron chi connectivity index (χ2n) is 6.96. The number of aromatic nitrogens is 3. The van der Waals surface area contributed by atoms with Crippen molar-refractivity contribution in [1.82, 2.24) is 14.9 Å². The van der Waals surface area contributed by atoms with Gasteiger partial charge in [-0.05, 0) is 36.6 Å². The van der Waals surface area contributed by atoms with Gasteiger partial charge in [0, 0.05) is 11.6 Å². The predicted molar refractivity (Wildman–Crippen MR) is 107 cm³/mol. The molecular weight excluding hydrogens is 415 g/mol. The average molecular weight is 433 g/mol. The van der Waals surface area contributed by atoms with Crippen molar-refractivity contribution in [2.24, 2.45) is 0 Å². The van der Waals surface area contributed by atoms with E-state index in [-0.39, 0.29) is 11.6 Å². The molecule has 3 aromatic rings. The Morgan fingerprint density at radius 3 is 2.53 bits per heavy atom. The van der Waals surface area contributed by atoms with Gasteiger partial charge in [0.05, 0.1) is 5.56 Å². The van der Waals surface area contributed by atoms with Crippen LogP contribution in [0.3, 0.4) is 0 Å². The molecule has 30 heavy (non-hydrogen) atoms. The van der Waals surface area contributed by atoms with E-state index in [4.69, 9.17) is 5.84 Å². The highest BCUT2D eigenvalue weighted by Gasteiger charge is 2.33. The minimum Gasteiger partial charge on any atom is -0.336 e. The number of nitrogens with zero attached hydrogens (tertiary/aromatic N) is 3. The number of benzene rings is 2. The van der Waals surface area contributed by atoms with E-state index in [1.807, 2.05) is 6.07 Å². The Morgan fingerprint density at radius 2 is 1.87 bits per heavy atom. The number of nitrogens with one attached hydrogen (secondary N) is 1. The van der Waals surface area contributed by atoms with Crippen LogP contribution in [0.25, 0.3) is 0 Å². The number of amides is 1. The largest absolute Gasteiger partial charge is 0.416 e. The summed E-state index contributed by atoms with van der Waals surface area (Å²) >= 11 is 1.10. The fourth-order valence-electron chi connectivity index (χ4n) is 2.98. The number of halogens is 3. The quantitative estimate of drug-likeness (QED) is 0.446. The monoisotopic (exact) mass is 433 g/mol. The summed E-state index contributed by atoms with van der Waals surface area (Å²) in [6.07, 6.45) is -2.50. The van der Waals surface area contributed by atoms with E-state index in [1.165, 1.54) is 16.8 Å². The third-order valence-electron chi connectivity index (χ3n) is 4.65. The maximum absolute atomic E-state index is 13.0. The van der Waals surface area contributed by atoms with E-state index >= 15 is 0 Å². The number of nitrogens with two attached hydrogens (primary N) is 1. The maximum atomic E-state index is 13.0. The van der Waals surface area contributed by atoms with E-state index < -0.39 is 22.9 Å². The van der Waals surface area contributed by atoms with E-state index in [1.54, 1.807) is 24.3 Å². The molecule has 0 radical (unpaired) electrons. The van der Waals surface area contributed by atoms with Crippen molar-refractivity contribution in [3.8, 4) is 0 Å². The number of nitrogen functional groups attached to an aromatic ring is 1. The normalized spacial score (nSPS) is 15.0. The molecule has 4 rings (SSSR count). The van der Waals surface area contributed by atoms with Crippen molar-refractivity contribution < 1.29 is 18.0 Å². The number of hydrogen-bond donors (Lipinski definition) is 2. The van der Waals surface area contributed by atoms with Crippen LogP contribution in [-0.2, 0) is 11.0 Å². The molecule has 1 heterocycles. The molecule has 1 amide bonds. The predicted octanol–water partition coefficient (Wildman–Crippen LogP) is 4.36. The summed E-state index contributed by atoms with van der Waals surface area (Å²) in [6, 6.07) is 13.4. The zero-order valence-corrected chi connectivity index (χ0v) is 16.5. The first-order valence-electron chi connectivity index (χ1n) is 9.23. The number of alkyl halides is 3. The van der Waals surface area contributed by atoms with Crippen LogP contribution in [0.15, 0.2) is 59.8 Å². The Hall–Kier alpha value is -3.01. The van der Waals surface area contributed by atoms with Gasteiger partial charge < -0.3 is 11.2 Å². The second-order valence-corrected chi connectivity index (χ2v) is 8.03. The van der Waals surface area contributed by atoms with Gasteiger partial charge in [-0.25, -0.2) is 4.68 Å². The van der Waals surface area contributed by atoms with Crippen molar-refractivity contribution in [2.75, 3.05) is 11.2 Å². The van der Waals surface area contributed by atoms with Gasteiger partial charge in [0.2, 0.25) is 11.1 Å². The number of rotatable bonds is 6. The topological polar surface area (TPSA) is 85.8 Å². The van der Waals surface area contributed by atoms with Crippen LogP contribution in [0.5, 0.6) is 0 Å². The standard InChI is InChI=1S/C20H18F3N5OS/c21-20(22,23)14-7-4-8-15(11-14)25-18(29)16(12-5-2-1-3-6-12)30-19-27-26-17(28(19)24)13-9-10-13/h1-8,11,13,16H,9-10,24H2,(H,25,29). The van der Waals surface area contributed by atoms with E-state index in [0.29, 0.717) is 16.5 Å². The van der Waals surface area contributed by atoms with E-state index in [9.17, 15) is 18.0 Å². The highest BCUT2D eigenvalue weighted by atomic mass is 32.2. The van der Waals surface area contributed by atoms with Crippen LogP contribution < -0.4 is 11.2 Å².